The molecule has 0 aromatic carbocycles. The van der Waals surface area contributed by atoms with Crippen molar-refractivity contribution >= 4 is 18.0 Å². The monoisotopic (exact) mass is 300 g/mol. The molecule has 1 aromatic heterocycles. The van der Waals surface area contributed by atoms with Gasteiger partial charge in [0.05, 0.1) is 18.3 Å². The van der Waals surface area contributed by atoms with E-state index in [0.717, 1.165) is 31.2 Å². The lowest BCUT2D eigenvalue weighted by atomic mass is 9.94. The van der Waals surface area contributed by atoms with E-state index in [2.05, 4.69) is 21.5 Å². The third kappa shape index (κ3) is 1.82. The number of fused-ring (bicyclic) bond motifs is 2. The lowest BCUT2D eigenvalue weighted by Crippen LogP contribution is -2.52. The predicted octanol–water partition coefficient (Wildman–Crippen LogP) is 0.295. The quantitative estimate of drug-likeness (QED) is 0.627. The number of carbonyl (C=O) groups is 2. The van der Waals surface area contributed by atoms with Crippen LogP contribution >= 0.6 is 0 Å². The third-order valence-electron chi connectivity index (χ3n) is 4.46. The van der Waals surface area contributed by atoms with Crippen molar-refractivity contribution in [3.8, 4) is 0 Å². The number of carboxylic acid groups (broad SMARTS) is 1. The summed E-state index contributed by atoms with van der Waals surface area (Å²) in [6, 6.07) is -0.139. The number of rotatable bonds is 2. The van der Waals surface area contributed by atoms with Crippen molar-refractivity contribution in [2.24, 2.45) is 0 Å². The highest BCUT2D eigenvalue weighted by Crippen LogP contribution is 2.38. The number of carbonyl (C=O) groups excluding carboxylic acids is 1. The maximum Gasteiger partial charge on any atom is 0.352 e. The zero-order chi connectivity index (χ0) is 15.4. The second-order valence-corrected chi connectivity index (χ2v) is 5.93. The van der Waals surface area contributed by atoms with E-state index in [1.54, 1.807) is 12.2 Å². The Morgan fingerprint density at radius 2 is 2.27 bits per heavy atom. The van der Waals surface area contributed by atoms with Gasteiger partial charge in [0.25, 0.3) is 5.91 Å². The van der Waals surface area contributed by atoms with Gasteiger partial charge in [-0.2, -0.15) is 0 Å². The number of aliphatic carboxylic acids is 1. The molecule has 0 saturated carbocycles. The van der Waals surface area contributed by atoms with Crippen molar-refractivity contribution < 1.29 is 14.7 Å². The molecule has 114 valence electrons. The smallest absolute Gasteiger partial charge is 0.352 e. The van der Waals surface area contributed by atoms with Gasteiger partial charge in [-0.1, -0.05) is 6.08 Å². The van der Waals surface area contributed by atoms with Gasteiger partial charge in [0, 0.05) is 24.9 Å². The number of β-lactam (4-membered cyclic amide) rings is 1. The number of aromatic nitrogens is 2. The highest BCUT2D eigenvalue weighted by Gasteiger charge is 2.48. The Morgan fingerprint density at radius 1 is 1.45 bits per heavy atom. The van der Waals surface area contributed by atoms with Crippen LogP contribution in [-0.2, 0) is 22.7 Å². The first-order chi connectivity index (χ1) is 10.5. The third-order valence-corrected chi connectivity index (χ3v) is 4.46. The number of likely N-dealkylation sites (N-methyl/N-ethyl adjacent to an activating group) is 1. The van der Waals surface area contributed by atoms with E-state index in [1.165, 1.54) is 4.90 Å². The first kappa shape index (κ1) is 13.3. The summed E-state index contributed by atoms with van der Waals surface area (Å²) in [5.74, 6) is -0.269. The predicted molar refractivity (Wildman–Crippen MR) is 77.5 cm³/mol. The second kappa shape index (κ2) is 4.54. The van der Waals surface area contributed by atoms with Gasteiger partial charge in [0.2, 0.25) is 0 Å². The molecule has 0 bridgehead atoms. The van der Waals surface area contributed by atoms with Gasteiger partial charge in [-0.3, -0.25) is 14.6 Å². The van der Waals surface area contributed by atoms with E-state index < -0.39 is 5.97 Å². The molecule has 4 heterocycles. The molecule has 3 aliphatic heterocycles. The summed E-state index contributed by atoms with van der Waals surface area (Å²) < 4.78 is 2.11. The van der Waals surface area contributed by atoms with Crippen molar-refractivity contribution in [1.82, 2.24) is 19.4 Å². The molecule has 1 saturated heterocycles. The Hall–Kier alpha value is -2.41. The highest BCUT2D eigenvalue weighted by atomic mass is 16.4. The maximum atomic E-state index is 12.2. The van der Waals surface area contributed by atoms with Crippen LogP contribution in [0, 0.1) is 0 Å². The van der Waals surface area contributed by atoms with Crippen LogP contribution in [0.4, 0.5) is 0 Å². The maximum absolute atomic E-state index is 12.2. The van der Waals surface area contributed by atoms with Crippen LogP contribution in [0.2, 0.25) is 0 Å². The van der Waals surface area contributed by atoms with E-state index >= 15 is 0 Å². The van der Waals surface area contributed by atoms with Crippen LogP contribution in [0.3, 0.4) is 0 Å². The number of imidazole rings is 1. The molecule has 0 radical (unpaired) electrons. The molecule has 1 amide bonds. The minimum atomic E-state index is -1.05. The van der Waals surface area contributed by atoms with Gasteiger partial charge in [-0.05, 0) is 19.5 Å². The number of hydrogen-bond donors (Lipinski definition) is 1. The number of amides is 1. The minimum absolute atomic E-state index is 0.0953. The molecule has 7 heteroatoms. The fourth-order valence-corrected chi connectivity index (χ4v) is 3.30. The normalized spacial score (nSPS) is 25.8. The zero-order valence-electron chi connectivity index (χ0n) is 12.2. The Balaban J connectivity index is 1.59. The van der Waals surface area contributed by atoms with E-state index in [1.807, 2.05) is 6.20 Å². The molecule has 1 N–H and O–H groups in total. The Kier molecular flexibility index (Phi) is 2.74. The molecule has 4 rings (SSSR count). The van der Waals surface area contributed by atoms with Crippen molar-refractivity contribution in [3.63, 3.8) is 0 Å². The van der Waals surface area contributed by atoms with Gasteiger partial charge in [0.1, 0.15) is 11.5 Å². The first-order valence-corrected chi connectivity index (χ1v) is 7.28. The van der Waals surface area contributed by atoms with Crippen molar-refractivity contribution in [3.05, 3.63) is 35.1 Å². The summed E-state index contributed by atoms with van der Waals surface area (Å²) in [4.78, 5) is 31.4. The summed E-state index contributed by atoms with van der Waals surface area (Å²) >= 11 is 0. The van der Waals surface area contributed by atoms with Crippen molar-refractivity contribution in [2.75, 3.05) is 13.6 Å². The second-order valence-electron chi connectivity index (χ2n) is 5.93. The van der Waals surface area contributed by atoms with E-state index in [4.69, 9.17) is 5.11 Å². The zero-order valence-corrected chi connectivity index (χ0v) is 12.2. The lowest BCUT2D eigenvalue weighted by molar-refractivity contribution is -0.142. The van der Waals surface area contributed by atoms with Gasteiger partial charge in [-0.15, -0.1) is 0 Å². The summed E-state index contributed by atoms with van der Waals surface area (Å²) in [7, 11) is 2.06. The topological polar surface area (TPSA) is 78.7 Å². The summed E-state index contributed by atoms with van der Waals surface area (Å²) in [5.41, 5.74) is 1.52. The Morgan fingerprint density at radius 3 is 3.05 bits per heavy atom. The van der Waals surface area contributed by atoms with Crippen molar-refractivity contribution in [2.45, 2.75) is 25.6 Å². The fourth-order valence-electron chi connectivity index (χ4n) is 3.30. The molecule has 0 aliphatic carbocycles. The molecule has 1 aromatic rings. The molecule has 3 aliphatic rings. The van der Waals surface area contributed by atoms with Crippen LogP contribution in [0.15, 0.2) is 23.5 Å². The van der Waals surface area contributed by atoms with E-state index in [9.17, 15) is 9.59 Å². The highest BCUT2D eigenvalue weighted by molar-refractivity contribution is 6.10. The lowest BCUT2D eigenvalue weighted by Gasteiger charge is -2.38. The summed E-state index contributed by atoms with van der Waals surface area (Å²) in [6.07, 6.45) is 5.94. The van der Waals surface area contributed by atoms with Gasteiger partial charge >= 0.3 is 5.97 Å². The van der Waals surface area contributed by atoms with E-state index in [0.29, 0.717) is 12.0 Å². The first-order valence-electron chi connectivity index (χ1n) is 7.28. The average molecular weight is 300 g/mol. The van der Waals surface area contributed by atoms with Crippen molar-refractivity contribution in [1.29, 1.82) is 0 Å². The van der Waals surface area contributed by atoms with Gasteiger partial charge in [-0.25, -0.2) is 9.78 Å². The number of hydrogen-bond acceptors (Lipinski definition) is 4. The fraction of sp³-hybridized carbons (Fsp3) is 0.400. The Bertz CT molecular complexity index is 746. The number of carboxylic acids is 1. The van der Waals surface area contributed by atoms with Crippen LogP contribution in [0.25, 0.3) is 6.08 Å². The van der Waals surface area contributed by atoms with Crippen LogP contribution < -0.4 is 0 Å². The molecule has 1 unspecified atom stereocenters. The van der Waals surface area contributed by atoms with Crippen LogP contribution in [0.1, 0.15) is 17.9 Å². The van der Waals surface area contributed by atoms with Gasteiger partial charge in [0.15, 0.2) is 0 Å². The molecular formula is C15H16N4O3. The summed E-state index contributed by atoms with van der Waals surface area (Å²) in [5, 5.41) is 9.06. The Labute approximate surface area is 127 Å². The van der Waals surface area contributed by atoms with E-state index in [-0.39, 0.29) is 17.6 Å². The van der Waals surface area contributed by atoms with Gasteiger partial charge < -0.3 is 9.67 Å². The average Bonchev–Trinajstić information content (AvgIpc) is 3.05. The summed E-state index contributed by atoms with van der Waals surface area (Å²) in [6.45, 7) is 2.69. The molecule has 0 spiro atoms. The standard InChI is InChI=1S/C15H16N4O3/c1-17-4-5-18-7-9(16-13(18)8-17)6-10-11-2-3-12(15(21)22)19(11)14(10)20/h3,6-7,11H,2,4-5,8H2,1H3,(H,21,22). The molecular weight excluding hydrogens is 284 g/mol. The molecule has 1 fully saturated rings. The van der Waals surface area contributed by atoms with Crippen LogP contribution in [0.5, 0.6) is 0 Å². The molecule has 22 heavy (non-hydrogen) atoms. The van der Waals surface area contributed by atoms with Crippen LogP contribution in [-0.4, -0.2) is 56.0 Å². The molecule has 1 atom stereocenters. The number of nitrogens with zero attached hydrogens (tertiary/aromatic N) is 4. The molecule has 7 nitrogen and oxygen atoms in total. The largest absolute Gasteiger partial charge is 0.477 e. The SMILES string of the molecule is CN1CCn2cc(C=C3C(=O)N4C(C(=O)O)=CCC34)nc2C1. The minimum Gasteiger partial charge on any atom is -0.477 e.